The van der Waals surface area contributed by atoms with Gasteiger partial charge in [0.15, 0.2) is 0 Å². The van der Waals surface area contributed by atoms with E-state index in [1.54, 1.807) is 38.4 Å². The average molecular weight is 376 g/mol. The molecule has 8 heteroatoms. The molecule has 0 spiro atoms. The van der Waals surface area contributed by atoms with E-state index in [2.05, 4.69) is 21.2 Å². The van der Waals surface area contributed by atoms with Crippen LogP contribution in [0.25, 0.3) is 0 Å². The van der Waals surface area contributed by atoms with Crippen LogP contribution < -0.4 is 5.32 Å². The second-order valence-corrected chi connectivity index (χ2v) is 7.83. The number of benzene rings is 1. The molecule has 0 saturated carbocycles. The monoisotopic (exact) mass is 375 g/mol. The van der Waals surface area contributed by atoms with Crippen LogP contribution in [0.3, 0.4) is 0 Å². The first-order chi connectivity index (χ1) is 9.84. The number of nitrogens with zero attached hydrogens (tertiary/aromatic N) is 2. The van der Waals surface area contributed by atoms with Crippen LogP contribution in [0.4, 0.5) is 0 Å². The van der Waals surface area contributed by atoms with E-state index < -0.39 is 16.1 Å². The Balaban J connectivity index is 2.36. The molecule has 0 aliphatic carbocycles. The quantitative estimate of drug-likeness (QED) is 0.834. The van der Waals surface area contributed by atoms with Gasteiger partial charge in [0, 0.05) is 38.2 Å². The Labute approximate surface area is 133 Å². The number of likely N-dealkylation sites (N-methyl/N-ethyl adjacent to an activating group) is 1. The molecule has 1 fully saturated rings. The normalized spacial score (nSPS) is 20.2. The number of piperazine rings is 1. The number of hydrogen-bond acceptors (Lipinski definition) is 4. The third kappa shape index (κ3) is 3.45. The zero-order valence-electron chi connectivity index (χ0n) is 11.9. The van der Waals surface area contributed by atoms with E-state index in [4.69, 9.17) is 0 Å². The molecule has 21 heavy (non-hydrogen) atoms. The minimum Gasteiger partial charge on any atom is -0.347 e. The molecule has 1 aliphatic rings. The highest BCUT2D eigenvalue weighted by Gasteiger charge is 2.38. The fourth-order valence-electron chi connectivity index (χ4n) is 2.22. The number of amides is 1. The largest absolute Gasteiger partial charge is 0.347 e. The summed E-state index contributed by atoms with van der Waals surface area (Å²) < 4.78 is 27.6. The fourth-order valence-corrected chi connectivity index (χ4v) is 4.07. The summed E-state index contributed by atoms with van der Waals surface area (Å²) in [6.07, 6.45) is 0. The van der Waals surface area contributed by atoms with Gasteiger partial charge >= 0.3 is 0 Å². The third-order valence-corrected chi connectivity index (χ3v) is 5.79. The summed E-state index contributed by atoms with van der Waals surface area (Å²) in [6.45, 7) is 1.14. The van der Waals surface area contributed by atoms with Gasteiger partial charge in [0.25, 0.3) is 0 Å². The Morgan fingerprint density at radius 2 is 1.95 bits per heavy atom. The van der Waals surface area contributed by atoms with Gasteiger partial charge in [-0.3, -0.25) is 4.79 Å². The molecule has 2 rings (SSSR count). The van der Waals surface area contributed by atoms with Crippen molar-refractivity contribution < 1.29 is 13.2 Å². The minimum atomic E-state index is -3.68. The van der Waals surface area contributed by atoms with Gasteiger partial charge in [0.1, 0.15) is 6.04 Å². The van der Waals surface area contributed by atoms with Crippen LogP contribution in [-0.4, -0.2) is 63.3 Å². The highest BCUT2D eigenvalue weighted by molar-refractivity contribution is 9.10. The Bertz CT molecular complexity index is 616. The van der Waals surface area contributed by atoms with Gasteiger partial charge in [0.2, 0.25) is 15.9 Å². The second kappa shape index (κ2) is 6.43. The lowest BCUT2D eigenvalue weighted by Crippen LogP contribution is -2.59. The van der Waals surface area contributed by atoms with Gasteiger partial charge in [-0.25, -0.2) is 8.42 Å². The number of rotatable bonds is 3. The average Bonchev–Trinajstić information content (AvgIpc) is 2.46. The first-order valence-electron chi connectivity index (χ1n) is 6.53. The zero-order chi connectivity index (χ0) is 15.6. The highest BCUT2D eigenvalue weighted by Crippen LogP contribution is 2.22. The first kappa shape index (κ1) is 16.4. The molecular weight excluding hydrogens is 358 g/mol. The van der Waals surface area contributed by atoms with Crippen molar-refractivity contribution in [2.75, 3.05) is 33.7 Å². The maximum absolute atomic E-state index is 12.7. The van der Waals surface area contributed by atoms with Gasteiger partial charge in [-0.15, -0.1) is 0 Å². The van der Waals surface area contributed by atoms with Gasteiger partial charge in [0.05, 0.1) is 4.90 Å². The summed E-state index contributed by atoms with van der Waals surface area (Å²) in [5, 5.41) is 3.07. The molecule has 0 aromatic heterocycles. The molecule has 1 amide bonds. The smallest absolute Gasteiger partial charge is 0.243 e. The topological polar surface area (TPSA) is 69.7 Å². The minimum absolute atomic E-state index is 0.198. The zero-order valence-corrected chi connectivity index (χ0v) is 14.3. The predicted molar refractivity (Wildman–Crippen MR) is 83.4 cm³/mol. The van der Waals surface area contributed by atoms with E-state index in [0.29, 0.717) is 13.1 Å². The number of hydrogen-bond donors (Lipinski definition) is 1. The molecule has 1 aliphatic heterocycles. The summed E-state index contributed by atoms with van der Waals surface area (Å²) in [5.41, 5.74) is 0. The van der Waals surface area contributed by atoms with Crippen molar-refractivity contribution >= 4 is 31.9 Å². The number of carbonyl (C=O) groups is 1. The molecule has 1 heterocycles. The fraction of sp³-hybridized carbons (Fsp3) is 0.462. The predicted octanol–water partition coefficient (Wildman–Crippen LogP) is 0.500. The van der Waals surface area contributed by atoms with Gasteiger partial charge < -0.3 is 10.2 Å². The van der Waals surface area contributed by atoms with Gasteiger partial charge in [-0.05, 0) is 24.3 Å². The first-order valence-corrected chi connectivity index (χ1v) is 8.76. The lowest BCUT2D eigenvalue weighted by atomic mass is 10.2. The molecule has 116 valence electrons. The van der Waals surface area contributed by atoms with Crippen LogP contribution in [0.15, 0.2) is 33.6 Å². The molecule has 0 radical (unpaired) electrons. The maximum atomic E-state index is 12.7. The molecule has 6 nitrogen and oxygen atoms in total. The van der Waals surface area contributed by atoms with Gasteiger partial charge in [-0.1, -0.05) is 15.9 Å². The summed E-state index contributed by atoms with van der Waals surface area (Å²) in [4.78, 5) is 13.8. The van der Waals surface area contributed by atoms with Crippen molar-refractivity contribution in [3.63, 3.8) is 0 Å². The van der Waals surface area contributed by atoms with Crippen LogP contribution >= 0.6 is 15.9 Å². The summed E-state index contributed by atoms with van der Waals surface area (Å²) in [7, 11) is -0.429. The molecule has 1 unspecified atom stereocenters. The Morgan fingerprint density at radius 1 is 1.33 bits per heavy atom. The lowest BCUT2D eigenvalue weighted by molar-refractivity contribution is -0.133. The number of halogens is 1. The van der Waals surface area contributed by atoms with E-state index in [9.17, 15) is 13.2 Å². The second-order valence-electron chi connectivity index (χ2n) is 5.02. The van der Waals surface area contributed by atoms with Crippen molar-refractivity contribution in [3.05, 3.63) is 28.7 Å². The summed E-state index contributed by atoms with van der Waals surface area (Å²) in [6, 6.07) is 5.73. The molecule has 1 aromatic carbocycles. The van der Waals surface area contributed by atoms with Crippen LogP contribution in [-0.2, 0) is 14.8 Å². The van der Waals surface area contributed by atoms with Crippen molar-refractivity contribution in [3.8, 4) is 0 Å². The standard InChI is InChI=1S/C13H18BrN3O3S/c1-16(2)13(18)12-9-15-7-8-17(12)21(19,20)11-5-3-10(14)4-6-11/h3-6,12,15H,7-9H2,1-2H3. The molecular formula is C13H18BrN3O3S. The van der Waals surface area contributed by atoms with Crippen molar-refractivity contribution in [2.24, 2.45) is 0 Å². The molecule has 1 aromatic rings. The Kier molecular flexibility index (Phi) is 5.03. The lowest BCUT2D eigenvalue weighted by Gasteiger charge is -2.35. The van der Waals surface area contributed by atoms with E-state index in [0.717, 1.165) is 4.47 Å². The van der Waals surface area contributed by atoms with Crippen LogP contribution in [0, 0.1) is 0 Å². The Hall–Kier alpha value is -0.960. The van der Waals surface area contributed by atoms with Crippen molar-refractivity contribution in [2.45, 2.75) is 10.9 Å². The van der Waals surface area contributed by atoms with Crippen LogP contribution in [0.1, 0.15) is 0 Å². The molecule has 1 saturated heterocycles. The highest BCUT2D eigenvalue weighted by atomic mass is 79.9. The third-order valence-electron chi connectivity index (χ3n) is 3.34. The summed E-state index contributed by atoms with van der Waals surface area (Å²) in [5.74, 6) is -0.220. The molecule has 1 N–H and O–H groups in total. The summed E-state index contributed by atoms with van der Waals surface area (Å²) >= 11 is 3.28. The Morgan fingerprint density at radius 3 is 2.52 bits per heavy atom. The molecule has 1 atom stereocenters. The van der Waals surface area contributed by atoms with E-state index in [1.807, 2.05) is 0 Å². The van der Waals surface area contributed by atoms with Crippen LogP contribution in [0.5, 0.6) is 0 Å². The maximum Gasteiger partial charge on any atom is 0.243 e. The van der Waals surface area contributed by atoms with Crippen LogP contribution in [0.2, 0.25) is 0 Å². The number of nitrogens with one attached hydrogen (secondary N) is 1. The van der Waals surface area contributed by atoms with Gasteiger partial charge in [-0.2, -0.15) is 4.31 Å². The number of carbonyl (C=O) groups excluding carboxylic acids is 1. The van der Waals surface area contributed by atoms with Crippen molar-refractivity contribution in [1.29, 1.82) is 0 Å². The molecule has 0 bridgehead atoms. The van der Waals surface area contributed by atoms with Crippen molar-refractivity contribution in [1.82, 2.24) is 14.5 Å². The van der Waals surface area contributed by atoms with E-state index >= 15 is 0 Å². The number of sulfonamides is 1. The van der Waals surface area contributed by atoms with E-state index in [-0.39, 0.29) is 17.3 Å². The van der Waals surface area contributed by atoms with E-state index in [1.165, 1.54) is 9.21 Å². The SMILES string of the molecule is CN(C)C(=O)C1CNCCN1S(=O)(=O)c1ccc(Br)cc1.